The number of hydrogen-bond donors (Lipinski definition) is 2. The number of rotatable bonds is 5. The molecule has 8 heteroatoms. The van der Waals surface area contributed by atoms with Gasteiger partial charge in [0.25, 0.3) is 0 Å². The highest BCUT2D eigenvalue weighted by Crippen LogP contribution is 2.26. The Balaban J connectivity index is 2.27. The Morgan fingerprint density at radius 3 is 2.89 bits per heavy atom. The zero-order chi connectivity index (χ0) is 13.7. The Morgan fingerprint density at radius 1 is 1.53 bits per heavy atom. The first-order valence-electron chi connectivity index (χ1n) is 6.43. The van der Waals surface area contributed by atoms with Crippen molar-refractivity contribution in [3.63, 3.8) is 0 Å². The number of piperazine rings is 1. The van der Waals surface area contributed by atoms with Crippen LogP contribution in [0.1, 0.15) is 13.3 Å². The van der Waals surface area contributed by atoms with Crippen LogP contribution in [0, 0.1) is 10.1 Å². The highest BCUT2D eigenvalue weighted by molar-refractivity contribution is 5.59. The molecular weight excluding hydrogens is 248 g/mol. The second kappa shape index (κ2) is 6.28. The minimum Gasteiger partial charge on any atom is -0.354 e. The molecule has 1 aromatic heterocycles. The normalized spacial score (nSPS) is 15.3. The molecular formula is C11H18N6O2. The van der Waals surface area contributed by atoms with Gasteiger partial charge in [-0.3, -0.25) is 10.1 Å². The lowest BCUT2D eigenvalue weighted by Crippen LogP contribution is -2.44. The van der Waals surface area contributed by atoms with Crippen molar-refractivity contribution < 1.29 is 4.92 Å². The Hall–Kier alpha value is -1.96. The maximum atomic E-state index is 11.1. The van der Waals surface area contributed by atoms with E-state index in [9.17, 15) is 10.1 Å². The van der Waals surface area contributed by atoms with Crippen LogP contribution < -0.4 is 15.5 Å². The average molecular weight is 266 g/mol. The summed E-state index contributed by atoms with van der Waals surface area (Å²) in [5.41, 5.74) is -0.0380. The van der Waals surface area contributed by atoms with Gasteiger partial charge in [0.2, 0.25) is 11.8 Å². The quantitative estimate of drug-likeness (QED) is 0.595. The van der Waals surface area contributed by atoms with Crippen LogP contribution in [0.15, 0.2) is 6.20 Å². The van der Waals surface area contributed by atoms with E-state index in [1.807, 2.05) is 11.8 Å². The molecule has 1 aliphatic heterocycles. The Morgan fingerprint density at radius 2 is 2.26 bits per heavy atom. The maximum absolute atomic E-state index is 11.1. The summed E-state index contributed by atoms with van der Waals surface area (Å²) < 4.78 is 0. The van der Waals surface area contributed by atoms with Gasteiger partial charge in [0.1, 0.15) is 6.20 Å². The van der Waals surface area contributed by atoms with Crippen molar-refractivity contribution >= 4 is 17.5 Å². The molecule has 104 valence electrons. The molecule has 19 heavy (non-hydrogen) atoms. The second-order valence-corrected chi connectivity index (χ2v) is 4.32. The summed E-state index contributed by atoms with van der Waals surface area (Å²) in [6, 6.07) is 0. The van der Waals surface area contributed by atoms with Gasteiger partial charge in [-0.1, -0.05) is 6.92 Å². The summed E-state index contributed by atoms with van der Waals surface area (Å²) in [6.07, 6.45) is 2.23. The van der Waals surface area contributed by atoms with E-state index in [0.717, 1.165) is 26.1 Å². The fourth-order valence-corrected chi connectivity index (χ4v) is 1.93. The van der Waals surface area contributed by atoms with Gasteiger partial charge in [-0.15, -0.1) is 0 Å². The van der Waals surface area contributed by atoms with E-state index < -0.39 is 4.92 Å². The maximum Gasteiger partial charge on any atom is 0.329 e. The molecule has 0 aromatic carbocycles. The Labute approximate surface area is 111 Å². The first kappa shape index (κ1) is 13.5. The number of anilines is 2. The molecule has 1 aliphatic rings. The number of nitro groups is 1. The summed E-state index contributed by atoms with van der Waals surface area (Å²) in [5, 5.41) is 17.3. The fraction of sp³-hybridized carbons (Fsp3) is 0.636. The van der Waals surface area contributed by atoms with Gasteiger partial charge in [0, 0.05) is 32.7 Å². The molecule has 0 bridgehead atoms. The zero-order valence-corrected chi connectivity index (χ0v) is 10.9. The van der Waals surface area contributed by atoms with Crippen molar-refractivity contribution in [1.29, 1.82) is 0 Å². The molecule has 0 saturated carbocycles. The predicted molar refractivity (Wildman–Crippen MR) is 72.5 cm³/mol. The van der Waals surface area contributed by atoms with Crippen molar-refractivity contribution in [1.82, 2.24) is 15.3 Å². The zero-order valence-electron chi connectivity index (χ0n) is 10.9. The lowest BCUT2D eigenvalue weighted by molar-refractivity contribution is -0.384. The van der Waals surface area contributed by atoms with Gasteiger partial charge in [-0.05, 0) is 6.42 Å². The average Bonchev–Trinajstić information content (AvgIpc) is 2.45. The molecule has 2 N–H and O–H groups in total. The number of nitrogens with zero attached hydrogens (tertiary/aromatic N) is 4. The molecule has 0 amide bonds. The van der Waals surface area contributed by atoms with Crippen LogP contribution in [-0.4, -0.2) is 47.6 Å². The number of aromatic nitrogens is 2. The summed E-state index contributed by atoms with van der Waals surface area (Å²) in [5.74, 6) is 0.848. The molecule has 0 aliphatic carbocycles. The highest BCUT2D eigenvalue weighted by Gasteiger charge is 2.23. The molecule has 8 nitrogen and oxygen atoms in total. The van der Waals surface area contributed by atoms with E-state index in [1.165, 1.54) is 6.20 Å². The Bertz CT molecular complexity index is 447. The third-order valence-corrected chi connectivity index (χ3v) is 2.90. The van der Waals surface area contributed by atoms with Gasteiger partial charge >= 0.3 is 5.69 Å². The van der Waals surface area contributed by atoms with Gasteiger partial charge in [0.15, 0.2) is 0 Å². The molecule has 0 radical (unpaired) electrons. The van der Waals surface area contributed by atoms with Crippen LogP contribution in [0.5, 0.6) is 0 Å². The van der Waals surface area contributed by atoms with E-state index in [-0.39, 0.29) is 5.69 Å². The summed E-state index contributed by atoms with van der Waals surface area (Å²) >= 11 is 0. The van der Waals surface area contributed by atoms with E-state index in [2.05, 4.69) is 20.6 Å². The van der Waals surface area contributed by atoms with Gasteiger partial charge in [-0.25, -0.2) is 4.98 Å². The number of hydrogen-bond acceptors (Lipinski definition) is 7. The van der Waals surface area contributed by atoms with E-state index >= 15 is 0 Å². The van der Waals surface area contributed by atoms with E-state index in [0.29, 0.717) is 24.9 Å². The third-order valence-electron chi connectivity index (χ3n) is 2.90. The van der Waals surface area contributed by atoms with Crippen molar-refractivity contribution in [2.45, 2.75) is 13.3 Å². The first-order valence-corrected chi connectivity index (χ1v) is 6.43. The predicted octanol–water partition coefficient (Wildman–Crippen LogP) is 0.616. The van der Waals surface area contributed by atoms with Crippen LogP contribution in [0.3, 0.4) is 0 Å². The van der Waals surface area contributed by atoms with Crippen LogP contribution in [0.25, 0.3) is 0 Å². The molecule has 0 atom stereocenters. The minimum absolute atomic E-state index is 0.0380. The fourth-order valence-electron chi connectivity index (χ4n) is 1.93. The lowest BCUT2D eigenvalue weighted by Gasteiger charge is -2.28. The van der Waals surface area contributed by atoms with Crippen molar-refractivity contribution in [3.05, 3.63) is 16.3 Å². The molecule has 1 saturated heterocycles. The first-order chi connectivity index (χ1) is 9.22. The topological polar surface area (TPSA) is 96.2 Å². The van der Waals surface area contributed by atoms with Crippen LogP contribution >= 0.6 is 0 Å². The molecule has 1 aromatic rings. The Kier molecular flexibility index (Phi) is 4.45. The summed E-state index contributed by atoms with van der Waals surface area (Å²) in [6.45, 7) is 5.82. The second-order valence-electron chi connectivity index (χ2n) is 4.32. The molecule has 2 rings (SSSR count). The smallest absolute Gasteiger partial charge is 0.329 e. The molecule has 0 spiro atoms. The van der Waals surface area contributed by atoms with Gasteiger partial charge in [-0.2, -0.15) is 4.98 Å². The molecule has 2 heterocycles. The van der Waals surface area contributed by atoms with Crippen LogP contribution in [0.4, 0.5) is 17.5 Å². The SMILES string of the molecule is CCCNc1ncc([N+](=O)[O-])c(N2CCNCC2)n1. The van der Waals surface area contributed by atoms with Crippen molar-refractivity contribution in [2.75, 3.05) is 42.9 Å². The summed E-state index contributed by atoms with van der Waals surface area (Å²) in [4.78, 5) is 20.8. The van der Waals surface area contributed by atoms with Crippen LogP contribution in [-0.2, 0) is 0 Å². The highest BCUT2D eigenvalue weighted by atomic mass is 16.6. The lowest BCUT2D eigenvalue weighted by atomic mass is 10.3. The largest absolute Gasteiger partial charge is 0.354 e. The summed E-state index contributed by atoms with van der Waals surface area (Å²) in [7, 11) is 0. The van der Waals surface area contributed by atoms with Crippen LogP contribution in [0.2, 0.25) is 0 Å². The van der Waals surface area contributed by atoms with Gasteiger partial charge < -0.3 is 15.5 Å². The van der Waals surface area contributed by atoms with Crippen molar-refractivity contribution in [2.24, 2.45) is 0 Å². The van der Waals surface area contributed by atoms with Gasteiger partial charge in [0.05, 0.1) is 4.92 Å². The standard InChI is InChI=1S/C11H18N6O2/c1-2-3-13-11-14-8-9(17(18)19)10(15-11)16-6-4-12-5-7-16/h8,12H,2-7H2,1H3,(H,13,14,15). The molecule has 1 fully saturated rings. The minimum atomic E-state index is -0.430. The monoisotopic (exact) mass is 266 g/mol. The number of nitrogens with one attached hydrogen (secondary N) is 2. The third kappa shape index (κ3) is 3.28. The van der Waals surface area contributed by atoms with Crippen molar-refractivity contribution in [3.8, 4) is 0 Å². The molecule has 0 unspecified atom stereocenters. The van der Waals surface area contributed by atoms with E-state index in [1.54, 1.807) is 0 Å². The van der Waals surface area contributed by atoms with E-state index in [4.69, 9.17) is 0 Å².